The van der Waals surface area contributed by atoms with Crippen molar-refractivity contribution in [3.05, 3.63) is 59.1 Å². The molecule has 6 heteroatoms. The second-order valence-electron chi connectivity index (χ2n) is 6.07. The average Bonchev–Trinajstić information content (AvgIpc) is 2.63. The van der Waals surface area contributed by atoms with E-state index >= 15 is 0 Å². The molecule has 27 heavy (non-hydrogen) atoms. The smallest absolute Gasteiger partial charge is 0.248 e. The SMILES string of the molecule is CCC(C)Oc1ccccc1/C=C/C(=O)Nc1cc(Cl)ccc1NC(C)=O. The third-order valence-electron chi connectivity index (χ3n) is 3.79. The number of rotatable bonds is 7. The maximum Gasteiger partial charge on any atom is 0.248 e. The van der Waals surface area contributed by atoms with Gasteiger partial charge in [-0.25, -0.2) is 0 Å². The first-order valence-corrected chi connectivity index (χ1v) is 9.08. The Morgan fingerprint density at radius 2 is 1.89 bits per heavy atom. The molecule has 2 aromatic carbocycles. The van der Waals surface area contributed by atoms with Crippen molar-refractivity contribution in [1.82, 2.24) is 0 Å². The number of para-hydroxylation sites is 1. The van der Waals surface area contributed by atoms with Crippen LogP contribution >= 0.6 is 11.6 Å². The van der Waals surface area contributed by atoms with Crippen molar-refractivity contribution in [2.24, 2.45) is 0 Å². The van der Waals surface area contributed by atoms with Gasteiger partial charge in [0.05, 0.1) is 17.5 Å². The van der Waals surface area contributed by atoms with Crippen molar-refractivity contribution < 1.29 is 14.3 Å². The lowest BCUT2D eigenvalue weighted by molar-refractivity contribution is -0.114. The van der Waals surface area contributed by atoms with Crippen molar-refractivity contribution in [2.75, 3.05) is 10.6 Å². The molecule has 0 fully saturated rings. The fraction of sp³-hybridized carbons (Fsp3) is 0.238. The molecule has 0 aliphatic rings. The molecule has 2 N–H and O–H groups in total. The number of anilines is 2. The molecule has 2 amide bonds. The molecule has 1 unspecified atom stereocenters. The number of amides is 2. The van der Waals surface area contributed by atoms with Gasteiger partial charge in [0.1, 0.15) is 5.75 Å². The highest BCUT2D eigenvalue weighted by atomic mass is 35.5. The second kappa shape index (κ2) is 9.78. The van der Waals surface area contributed by atoms with Gasteiger partial charge in [0.2, 0.25) is 11.8 Å². The fourth-order valence-electron chi connectivity index (χ4n) is 2.28. The zero-order valence-electron chi connectivity index (χ0n) is 15.6. The summed E-state index contributed by atoms with van der Waals surface area (Å²) in [6, 6.07) is 12.4. The summed E-state index contributed by atoms with van der Waals surface area (Å²) < 4.78 is 5.88. The number of carbonyl (C=O) groups excluding carboxylic acids is 2. The molecular weight excluding hydrogens is 364 g/mol. The maximum atomic E-state index is 12.3. The van der Waals surface area contributed by atoms with Gasteiger partial charge in [0, 0.05) is 23.6 Å². The Morgan fingerprint density at radius 3 is 2.59 bits per heavy atom. The topological polar surface area (TPSA) is 67.4 Å². The van der Waals surface area contributed by atoms with Crippen LogP contribution in [0.2, 0.25) is 5.02 Å². The fourth-order valence-corrected chi connectivity index (χ4v) is 2.46. The molecule has 0 saturated carbocycles. The largest absolute Gasteiger partial charge is 0.490 e. The van der Waals surface area contributed by atoms with Crippen molar-refractivity contribution >= 4 is 40.9 Å². The van der Waals surface area contributed by atoms with E-state index in [1.54, 1.807) is 24.3 Å². The lowest BCUT2D eigenvalue weighted by atomic mass is 10.1. The lowest BCUT2D eigenvalue weighted by Crippen LogP contribution is -2.13. The molecule has 5 nitrogen and oxygen atoms in total. The minimum atomic E-state index is -0.345. The summed E-state index contributed by atoms with van der Waals surface area (Å²) >= 11 is 5.99. The van der Waals surface area contributed by atoms with E-state index in [1.807, 2.05) is 38.1 Å². The average molecular weight is 387 g/mol. The minimum absolute atomic E-state index is 0.0834. The molecule has 142 valence electrons. The maximum absolute atomic E-state index is 12.3. The van der Waals surface area contributed by atoms with Gasteiger partial charge >= 0.3 is 0 Å². The normalized spacial score (nSPS) is 11.9. The predicted molar refractivity (Wildman–Crippen MR) is 110 cm³/mol. The van der Waals surface area contributed by atoms with Crippen molar-refractivity contribution in [2.45, 2.75) is 33.3 Å². The van der Waals surface area contributed by atoms with Crippen LogP contribution in [0.1, 0.15) is 32.8 Å². The van der Waals surface area contributed by atoms with Crippen LogP contribution in [-0.2, 0) is 9.59 Å². The standard InChI is InChI=1S/C21H23ClN2O3/c1-4-14(2)27-20-8-6-5-7-16(20)9-12-21(26)24-19-13-17(22)10-11-18(19)23-15(3)25/h5-14H,4H2,1-3H3,(H,23,25)(H,24,26)/b12-9+. The highest BCUT2D eigenvalue weighted by Gasteiger charge is 2.08. The summed E-state index contributed by atoms with van der Waals surface area (Å²) in [6.45, 7) is 5.44. The van der Waals surface area contributed by atoms with Crippen molar-refractivity contribution in [1.29, 1.82) is 0 Å². The van der Waals surface area contributed by atoms with E-state index in [2.05, 4.69) is 10.6 Å². The third-order valence-corrected chi connectivity index (χ3v) is 4.02. The molecule has 0 aliphatic heterocycles. The van der Waals surface area contributed by atoms with Crippen LogP contribution in [0.4, 0.5) is 11.4 Å². The monoisotopic (exact) mass is 386 g/mol. The Bertz CT molecular complexity index is 849. The van der Waals surface area contributed by atoms with E-state index in [4.69, 9.17) is 16.3 Å². The number of hydrogen-bond donors (Lipinski definition) is 2. The summed E-state index contributed by atoms with van der Waals surface area (Å²) in [4.78, 5) is 23.6. The van der Waals surface area contributed by atoms with E-state index in [0.717, 1.165) is 17.7 Å². The highest BCUT2D eigenvalue weighted by molar-refractivity contribution is 6.31. The van der Waals surface area contributed by atoms with Gasteiger partial charge in [-0.2, -0.15) is 0 Å². The molecule has 0 aliphatic carbocycles. The summed E-state index contributed by atoms with van der Waals surface area (Å²) in [5.74, 6) is 0.138. The van der Waals surface area contributed by atoms with Gasteiger partial charge < -0.3 is 15.4 Å². The first-order valence-electron chi connectivity index (χ1n) is 8.71. The second-order valence-corrected chi connectivity index (χ2v) is 6.50. The van der Waals surface area contributed by atoms with E-state index in [9.17, 15) is 9.59 Å². The van der Waals surface area contributed by atoms with Gasteiger partial charge in [0.15, 0.2) is 0 Å². The van der Waals surface area contributed by atoms with Crippen LogP contribution in [0.25, 0.3) is 6.08 Å². The molecule has 0 aromatic heterocycles. The molecule has 2 rings (SSSR count). The Labute approximate surface area is 164 Å². The number of benzene rings is 2. The molecule has 0 saturated heterocycles. The van der Waals surface area contributed by atoms with Gasteiger partial charge in [-0.15, -0.1) is 0 Å². The Hall–Kier alpha value is -2.79. The number of carbonyl (C=O) groups is 2. The third kappa shape index (κ3) is 6.46. The zero-order valence-corrected chi connectivity index (χ0v) is 16.3. The number of nitrogens with one attached hydrogen (secondary N) is 2. The lowest BCUT2D eigenvalue weighted by Gasteiger charge is -2.14. The van der Waals surface area contributed by atoms with Gasteiger partial charge in [0.25, 0.3) is 0 Å². The van der Waals surface area contributed by atoms with Crippen molar-refractivity contribution in [3.63, 3.8) is 0 Å². The van der Waals surface area contributed by atoms with E-state index in [-0.39, 0.29) is 17.9 Å². The highest BCUT2D eigenvalue weighted by Crippen LogP contribution is 2.26. The van der Waals surface area contributed by atoms with Crippen LogP contribution in [0.3, 0.4) is 0 Å². The van der Waals surface area contributed by atoms with Gasteiger partial charge in [-0.05, 0) is 43.7 Å². The van der Waals surface area contributed by atoms with Gasteiger partial charge in [-0.1, -0.05) is 36.7 Å². The summed E-state index contributed by atoms with van der Waals surface area (Å²) in [5.41, 5.74) is 1.71. The van der Waals surface area contributed by atoms with Gasteiger partial charge in [-0.3, -0.25) is 9.59 Å². The summed E-state index contributed by atoms with van der Waals surface area (Å²) in [7, 11) is 0. The molecule has 2 aromatic rings. The summed E-state index contributed by atoms with van der Waals surface area (Å²) in [5, 5.41) is 5.85. The number of halogens is 1. The van der Waals surface area contributed by atoms with E-state index < -0.39 is 0 Å². The Balaban J connectivity index is 2.15. The Kier molecular flexibility index (Phi) is 7.44. The first-order chi connectivity index (χ1) is 12.9. The van der Waals surface area contributed by atoms with Crippen molar-refractivity contribution in [3.8, 4) is 5.75 Å². The Morgan fingerprint density at radius 1 is 1.15 bits per heavy atom. The number of ether oxygens (including phenoxy) is 1. The summed E-state index contributed by atoms with van der Waals surface area (Å²) in [6.07, 6.45) is 4.08. The van der Waals surface area contributed by atoms with Crippen LogP contribution in [0.5, 0.6) is 5.75 Å². The van der Waals surface area contributed by atoms with Crippen LogP contribution in [0.15, 0.2) is 48.5 Å². The van der Waals surface area contributed by atoms with Crippen LogP contribution in [-0.4, -0.2) is 17.9 Å². The minimum Gasteiger partial charge on any atom is -0.490 e. The first kappa shape index (κ1) is 20.5. The molecule has 1 atom stereocenters. The quantitative estimate of drug-likeness (QED) is 0.648. The molecule has 0 radical (unpaired) electrons. The molecule has 0 spiro atoms. The number of hydrogen-bond acceptors (Lipinski definition) is 3. The van der Waals surface area contributed by atoms with Crippen LogP contribution < -0.4 is 15.4 Å². The zero-order chi connectivity index (χ0) is 19.8. The van der Waals surface area contributed by atoms with E-state index in [1.165, 1.54) is 13.0 Å². The van der Waals surface area contributed by atoms with Crippen LogP contribution in [0, 0.1) is 0 Å². The molecular formula is C21H23ClN2O3. The predicted octanol–water partition coefficient (Wildman–Crippen LogP) is 5.13. The molecule has 0 bridgehead atoms. The van der Waals surface area contributed by atoms with E-state index in [0.29, 0.717) is 16.4 Å². The molecule has 0 heterocycles.